The molecule has 0 spiro atoms. The second kappa shape index (κ2) is 8.07. The van der Waals surface area contributed by atoms with Gasteiger partial charge in [0, 0.05) is 23.3 Å². The number of benzene rings is 1. The molecule has 1 aliphatic carbocycles. The van der Waals surface area contributed by atoms with Crippen molar-refractivity contribution >= 4 is 34.2 Å². The Balaban J connectivity index is 1.19. The van der Waals surface area contributed by atoms with Crippen LogP contribution >= 0.6 is 11.3 Å². The van der Waals surface area contributed by atoms with Gasteiger partial charge in [-0.1, -0.05) is 12.1 Å². The number of fused-ring (bicyclic) bond motifs is 1. The van der Waals surface area contributed by atoms with Gasteiger partial charge in [0.25, 0.3) is 5.91 Å². The van der Waals surface area contributed by atoms with Gasteiger partial charge in [-0.15, -0.1) is 11.3 Å². The molecule has 1 saturated carbocycles. The van der Waals surface area contributed by atoms with E-state index in [1.165, 1.54) is 11.3 Å². The van der Waals surface area contributed by atoms with Crippen LogP contribution in [0.3, 0.4) is 0 Å². The molecule has 2 aliphatic rings. The lowest BCUT2D eigenvalue weighted by molar-refractivity contribution is -0.123. The maximum absolute atomic E-state index is 13.6. The van der Waals surface area contributed by atoms with Gasteiger partial charge < -0.3 is 15.2 Å². The van der Waals surface area contributed by atoms with Gasteiger partial charge >= 0.3 is 0 Å². The summed E-state index contributed by atoms with van der Waals surface area (Å²) >= 11 is 1.37. The van der Waals surface area contributed by atoms with Crippen molar-refractivity contribution in [2.75, 3.05) is 13.1 Å². The van der Waals surface area contributed by atoms with Crippen molar-refractivity contribution in [3.05, 3.63) is 52.0 Å². The molecular formula is C23H25FN4O2S. The molecule has 1 aromatic carbocycles. The van der Waals surface area contributed by atoms with Crippen LogP contribution in [0.2, 0.25) is 0 Å². The molecule has 5 rings (SSSR count). The van der Waals surface area contributed by atoms with Crippen LogP contribution in [0.5, 0.6) is 0 Å². The van der Waals surface area contributed by atoms with E-state index in [4.69, 9.17) is 0 Å². The minimum atomic E-state index is -0.936. The average molecular weight is 441 g/mol. The SMILES string of the molecule is C[C@@H](NC(=O)[C@H]1C[C@@H]1c1nc2ccccc2[nH]1)c1ccc(C(=O)N2CCCC(F)C2)s1. The molecule has 1 unspecified atom stereocenters. The molecule has 3 heterocycles. The highest BCUT2D eigenvalue weighted by atomic mass is 32.1. The number of thiophene rings is 1. The van der Waals surface area contributed by atoms with Crippen molar-refractivity contribution in [3.63, 3.8) is 0 Å². The highest BCUT2D eigenvalue weighted by molar-refractivity contribution is 7.14. The first-order valence-electron chi connectivity index (χ1n) is 10.8. The van der Waals surface area contributed by atoms with Crippen LogP contribution < -0.4 is 5.32 Å². The molecule has 2 N–H and O–H groups in total. The smallest absolute Gasteiger partial charge is 0.264 e. The number of aromatic amines is 1. The quantitative estimate of drug-likeness (QED) is 0.625. The summed E-state index contributed by atoms with van der Waals surface area (Å²) in [6, 6.07) is 11.3. The zero-order chi connectivity index (χ0) is 21.5. The lowest BCUT2D eigenvalue weighted by atomic mass is 10.1. The number of imidazole rings is 1. The van der Waals surface area contributed by atoms with E-state index in [1.54, 1.807) is 11.0 Å². The normalized spacial score (nSPS) is 24.2. The van der Waals surface area contributed by atoms with Gasteiger partial charge in [-0.05, 0) is 50.5 Å². The highest BCUT2D eigenvalue weighted by Crippen LogP contribution is 2.47. The number of para-hydroxylation sites is 2. The summed E-state index contributed by atoms with van der Waals surface area (Å²) in [6.45, 7) is 2.70. The van der Waals surface area contributed by atoms with Gasteiger partial charge in [-0.25, -0.2) is 9.37 Å². The van der Waals surface area contributed by atoms with Gasteiger partial charge in [0.1, 0.15) is 12.0 Å². The molecule has 1 aliphatic heterocycles. The lowest BCUT2D eigenvalue weighted by Crippen LogP contribution is -2.40. The number of likely N-dealkylation sites (tertiary alicyclic amines) is 1. The fourth-order valence-electron chi connectivity index (χ4n) is 4.29. The summed E-state index contributed by atoms with van der Waals surface area (Å²) < 4.78 is 13.6. The topological polar surface area (TPSA) is 78.1 Å². The molecule has 0 radical (unpaired) electrons. The average Bonchev–Trinajstić information content (AvgIpc) is 3.21. The Hall–Kier alpha value is -2.74. The first-order valence-corrected chi connectivity index (χ1v) is 11.6. The highest BCUT2D eigenvalue weighted by Gasteiger charge is 2.46. The van der Waals surface area contributed by atoms with Crippen molar-refractivity contribution in [2.45, 2.75) is 44.3 Å². The Morgan fingerprint density at radius 3 is 2.94 bits per heavy atom. The Morgan fingerprint density at radius 2 is 2.13 bits per heavy atom. The Morgan fingerprint density at radius 1 is 1.29 bits per heavy atom. The van der Waals surface area contributed by atoms with Crippen LogP contribution in [0.15, 0.2) is 36.4 Å². The van der Waals surface area contributed by atoms with Crippen molar-refractivity contribution in [2.24, 2.45) is 5.92 Å². The number of hydrogen-bond donors (Lipinski definition) is 2. The van der Waals surface area contributed by atoms with E-state index in [-0.39, 0.29) is 36.2 Å². The number of amides is 2. The summed E-state index contributed by atoms with van der Waals surface area (Å²) in [5.74, 6) is 0.789. The van der Waals surface area contributed by atoms with E-state index in [1.807, 2.05) is 37.3 Å². The van der Waals surface area contributed by atoms with E-state index in [0.29, 0.717) is 24.3 Å². The predicted octanol–water partition coefficient (Wildman–Crippen LogP) is 4.18. The van der Waals surface area contributed by atoms with E-state index < -0.39 is 6.17 Å². The number of carbonyl (C=O) groups is 2. The molecule has 1 saturated heterocycles. The van der Waals surface area contributed by atoms with Crippen LogP contribution in [0.1, 0.15) is 58.5 Å². The predicted molar refractivity (Wildman–Crippen MR) is 118 cm³/mol. The van der Waals surface area contributed by atoms with E-state index in [0.717, 1.165) is 28.2 Å². The summed E-state index contributed by atoms with van der Waals surface area (Å²) in [7, 11) is 0. The largest absolute Gasteiger partial charge is 0.349 e. The molecule has 8 heteroatoms. The number of piperidine rings is 1. The molecule has 6 nitrogen and oxygen atoms in total. The fourth-order valence-corrected chi connectivity index (χ4v) is 5.27. The Bertz CT molecular complexity index is 1090. The zero-order valence-corrected chi connectivity index (χ0v) is 18.1. The van der Waals surface area contributed by atoms with Crippen LogP contribution in [-0.4, -0.2) is 45.9 Å². The Kier molecular flexibility index (Phi) is 5.25. The number of nitrogens with one attached hydrogen (secondary N) is 2. The lowest BCUT2D eigenvalue weighted by Gasteiger charge is -2.28. The van der Waals surface area contributed by atoms with Gasteiger partial charge in [-0.2, -0.15) is 0 Å². The van der Waals surface area contributed by atoms with Gasteiger partial charge in [0.15, 0.2) is 0 Å². The van der Waals surface area contributed by atoms with Crippen molar-refractivity contribution in [3.8, 4) is 0 Å². The number of nitrogens with zero attached hydrogens (tertiary/aromatic N) is 2. The van der Waals surface area contributed by atoms with Crippen molar-refractivity contribution < 1.29 is 14.0 Å². The second-order valence-electron chi connectivity index (χ2n) is 8.51. The minimum Gasteiger partial charge on any atom is -0.349 e. The molecule has 2 amide bonds. The summed E-state index contributed by atoms with van der Waals surface area (Å²) in [5, 5.41) is 3.08. The van der Waals surface area contributed by atoms with E-state index >= 15 is 0 Å². The standard InChI is InChI=1S/C23H25FN4O2S/c1-13(19-8-9-20(31-19)23(30)28-10-4-5-14(24)12-28)25-22(29)16-11-15(16)21-26-17-6-2-3-7-18(17)27-21/h2-3,6-9,13-16H,4-5,10-12H2,1H3,(H,25,29)(H,26,27)/t13-,14?,15+,16+/m1/s1. The third-order valence-electron chi connectivity index (χ3n) is 6.16. The molecule has 4 atom stereocenters. The van der Waals surface area contributed by atoms with Crippen LogP contribution in [-0.2, 0) is 4.79 Å². The molecule has 3 aromatic rings. The summed E-state index contributed by atoms with van der Waals surface area (Å²) in [5.41, 5.74) is 1.90. The first kappa shape index (κ1) is 20.2. The molecule has 2 aromatic heterocycles. The maximum Gasteiger partial charge on any atom is 0.264 e. The van der Waals surface area contributed by atoms with Crippen molar-refractivity contribution in [1.82, 2.24) is 20.2 Å². The number of halogens is 1. The van der Waals surface area contributed by atoms with Crippen LogP contribution in [0.4, 0.5) is 4.39 Å². The van der Waals surface area contributed by atoms with Crippen LogP contribution in [0.25, 0.3) is 11.0 Å². The third-order valence-corrected chi connectivity index (χ3v) is 7.42. The number of H-pyrrole nitrogens is 1. The fraction of sp³-hybridized carbons (Fsp3) is 0.435. The Labute approximate surface area is 183 Å². The maximum atomic E-state index is 13.6. The molecule has 0 bridgehead atoms. The number of rotatable bonds is 5. The second-order valence-corrected chi connectivity index (χ2v) is 9.63. The molecule has 31 heavy (non-hydrogen) atoms. The number of carbonyl (C=O) groups excluding carboxylic acids is 2. The third kappa shape index (κ3) is 4.08. The molecule has 2 fully saturated rings. The number of aromatic nitrogens is 2. The van der Waals surface area contributed by atoms with Gasteiger partial charge in [-0.3, -0.25) is 9.59 Å². The monoisotopic (exact) mass is 440 g/mol. The zero-order valence-electron chi connectivity index (χ0n) is 17.3. The number of alkyl halides is 1. The van der Waals surface area contributed by atoms with Crippen LogP contribution in [0, 0.1) is 5.92 Å². The van der Waals surface area contributed by atoms with Gasteiger partial charge in [0.2, 0.25) is 5.91 Å². The van der Waals surface area contributed by atoms with Gasteiger partial charge in [0.05, 0.1) is 28.5 Å². The molecule has 162 valence electrons. The van der Waals surface area contributed by atoms with E-state index in [9.17, 15) is 14.0 Å². The first-order chi connectivity index (χ1) is 15.0. The minimum absolute atomic E-state index is 0.00975. The number of hydrogen-bond acceptors (Lipinski definition) is 4. The summed E-state index contributed by atoms with van der Waals surface area (Å²) in [4.78, 5) is 36.5. The van der Waals surface area contributed by atoms with Crippen molar-refractivity contribution in [1.29, 1.82) is 0 Å². The van der Waals surface area contributed by atoms with E-state index in [2.05, 4.69) is 15.3 Å². The summed E-state index contributed by atoms with van der Waals surface area (Å²) in [6.07, 6.45) is 1.07. The molecular weight excluding hydrogens is 415 g/mol.